The van der Waals surface area contributed by atoms with Gasteiger partial charge in [-0.05, 0) is 30.3 Å². The number of benzene rings is 2. The second-order valence-corrected chi connectivity index (χ2v) is 5.30. The van der Waals surface area contributed by atoms with E-state index >= 15 is 0 Å². The summed E-state index contributed by atoms with van der Waals surface area (Å²) in [5.74, 6) is -1.38. The number of ether oxygens (including phenoxy) is 1. The number of hydrogen-bond donors (Lipinski definition) is 1. The Morgan fingerprint density at radius 3 is 2.70 bits per heavy atom. The number of carboxylic acids is 1. The summed E-state index contributed by atoms with van der Waals surface area (Å²) in [4.78, 5) is 10.7. The molecule has 0 amide bonds. The van der Waals surface area contributed by atoms with Crippen LogP contribution in [0, 0.1) is 5.82 Å². The van der Waals surface area contributed by atoms with E-state index in [9.17, 15) is 9.18 Å². The fourth-order valence-corrected chi connectivity index (χ4v) is 2.05. The molecule has 3 nitrogen and oxygen atoms in total. The zero-order valence-electron chi connectivity index (χ0n) is 10.1. The van der Waals surface area contributed by atoms with Crippen molar-refractivity contribution in [2.24, 2.45) is 0 Å². The maximum absolute atomic E-state index is 13.7. The van der Waals surface area contributed by atoms with E-state index in [1.165, 1.54) is 12.1 Å². The predicted octanol–water partition coefficient (Wildman–Crippen LogP) is 4.52. The van der Waals surface area contributed by atoms with Crippen molar-refractivity contribution >= 4 is 33.5 Å². The Hall–Kier alpha value is -1.59. The molecule has 0 unspecified atom stereocenters. The van der Waals surface area contributed by atoms with Crippen molar-refractivity contribution < 1.29 is 19.0 Å². The van der Waals surface area contributed by atoms with Crippen molar-refractivity contribution in [2.45, 2.75) is 6.61 Å². The number of aromatic carboxylic acids is 1. The first-order valence-electron chi connectivity index (χ1n) is 5.57. The summed E-state index contributed by atoms with van der Waals surface area (Å²) in [5, 5.41) is 9.17. The van der Waals surface area contributed by atoms with Gasteiger partial charge in [0.1, 0.15) is 18.2 Å². The SMILES string of the molecule is O=C(O)c1ccc(COc2cc(Br)ccc2Cl)c(F)c1. The van der Waals surface area contributed by atoms with E-state index in [-0.39, 0.29) is 17.7 Å². The zero-order chi connectivity index (χ0) is 14.7. The molecule has 1 N–H and O–H groups in total. The maximum Gasteiger partial charge on any atom is 0.335 e. The number of rotatable bonds is 4. The first-order valence-corrected chi connectivity index (χ1v) is 6.74. The summed E-state index contributed by atoms with van der Waals surface area (Å²) in [6.07, 6.45) is 0. The Kier molecular flexibility index (Phi) is 4.62. The van der Waals surface area contributed by atoms with E-state index in [2.05, 4.69) is 15.9 Å². The Morgan fingerprint density at radius 2 is 2.05 bits per heavy atom. The summed E-state index contributed by atoms with van der Waals surface area (Å²) in [5.41, 5.74) is 0.151. The fraction of sp³-hybridized carbons (Fsp3) is 0.0714. The summed E-state index contributed by atoms with van der Waals surface area (Å²) in [7, 11) is 0. The Bertz CT molecular complexity index is 661. The number of hydrogen-bond acceptors (Lipinski definition) is 2. The van der Waals surface area contributed by atoms with E-state index < -0.39 is 11.8 Å². The lowest BCUT2D eigenvalue weighted by Crippen LogP contribution is -2.02. The van der Waals surface area contributed by atoms with Gasteiger partial charge in [0.2, 0.25) is 0 Å². The third-order valence-electron chi connectivity index (χ3n) is 2.58. The zero-order valence-corrected chi connectivity index (χ0v) is 12.4. The fourth-order valence-electron chi connectivity index (χ4n) is 1.54. The molecule has 2 aromatic carbocycles. The highest BCUT2D eigenvalue weighted by molar-refractivity contribution is 9.10. The number of halogens is 3. The largest absolute Gasteiger partial charge is 0.487 e. The lowest BCUT2D eigenvalue weighted by molar-refractivity contribution is 0.0696. The third kappa shape index (κ3) is 3.49. The molecule has 0 spiro atoms. The van der Waals surface area contributed by atoms with Crippen LogP contribution in [0.4, 0.5) is 4.39 Å². The minimum absolute atomic E-state index is 0.0398. The molecule has 0 atom stereocenters. The van der Waals surface area contributed by atoms with Gasteiger partial charge in [-0.25, -0.2) is 9.18 Å². The maximum atomic E-state index is 13.7. The van der Waals surface area contributed by atoms with Gasteiger partial charge in [0.05, 0.1) is 10.6 Å². The summed E-state index contributed by atoms with van der Waals surface area (Å²) in [6.45, 7) is -0.0398. The molecule has 0 radical (unpaired) electrons. The molecule has 0 heterocycles. The molecule has 0 bridgehead atoms. The van der Waals surface area contributed by atoms with Gasteiger partial charge in [-0.1, -0.05) is 33.6 Å². The van der Waals surface area contributed by atoms with Gasteiger partial charge in [-0.2, -0.15) is 0 Å². The van der Waals surface area contributed by atoms with Gasteiger partial charge in [0, 0.05) is 10.0 Å². The van der Waals surface area contributed by atoms with Gasteiger partial charge in [-0.3, -0.25) is 0 Å². The van der Waals surface area contributed by atoms with Crippen LogP contribution in [0.2, 0.25) is 5.02 Å². The number of carbonyl (C=O) groups is 1. The van der Waals surface area contributed by atoms with E-state index in [1.54, 1.807) is 18.2 Å². The minimum atomic E-state index is -1.17. The van der Waals surface area contributed by atoms with Crippen LogP contribution in [0.5, 0.6) is 5.75 Å². The van der Waals surface area contributed by atoms with Gasteiger partial charge in [0.15, 0.2) is 0 Å². The van der Waals surface area contributed by atoms with Crippen LogP contribution in [-0.4, -0.2) is 11.1 Å². The molecule has 0 saturated heterocycles. The average Bonchev–Trinajstić information content (AvgIpc) is 2.40. The molecule has 0 aliphatic heterocycles. The van der Waals surface area contributed by atoms with Crippen LogP contribution in [0.3, 0.4) is 0 Å². The van der Waals surface area contributed by atoms with Crippen LogP contribution in [0.1, 0.15) is 15.9 Å². The van der Waals surface area contributed by atoms with Crippen molar-refractivity contribution in [3.63, 3.8) is 0 Å². The molecule has 104 valence electrons. The van der Waals surface area contributed by atoms with Crippen molar-refractivity contribution in [3.05, 3.63) is 62.8 Å². The normalized spacial score (nSPS) is 10.3. The Morgan fingerprint density at radius 1 is 1.30 bits per heavy atom. The molecule has 2 rings (SSSR count). The van der Waals surface area contributed by atoms with Gasteiger partial charge >= 0.3 is 5.97 Å². The second-order valence-electron chi connectivity index (χ2n) is 3.97. The van der Waals surface area contributed by atoms with Crippen LogP contribution < -0.4 is 4.74 Å². The molecular weight excluding hydrogens is 351 g/mol. The molecular formula is C14H9BrClFO3. The molecule has 0 aliphatic rings. The minimum Gasteiger partial charge on any atom is -0.487 e. The molecule has 20 heavy (non-hydrogen) atoms. The van der Waals surface area contributed by atoms with Gasteiger partial charge < -0.3 is 9.84 Å². The van der Waals surface area contributed by atoms with Crippen LogP contribution in [-0.2, 0) is 6.61 Å². The van der Waals surface area contributed by atoms with Crippen molar-refractivity contribution in [1.82, 2.24) is 0 Å². The molecule has 0 fully saturated rings. The first kappa shape index (κ1) is 14.8. The van der Waals surface area contributed by atoms with E-state index in [1.807, 2.05) is 0 Å². The summed E-state index contributed by atoms with van der Waals surface area (Å²) < 4.78 is 19.9. The van der Waals surface area contributed by atoms with Gasteiger partial charge in [0.25, 0.3) is 0 Å². The molecule has 0 aromatic heterocycles. The Balaban J connectivity index is 2.15. The quantitative estimate of drug-likeness (QED) is 0.873. The van der Waals surface area contributed by atoms with E-state index in [0.29, 0.717) is 10.8 Å². The topological polar surface area (TPSA) is 46.5 Å². The highest BCUT2D eigenvalue weighted by Crippen LogP contribution is 2.28. The van der Waals surface area contributed by atoms with Crippen LogP contribution in [0.25, 0.3) is 0 Å². The third-order valence-corrected chi connectivity index (χ3v) is 3.38. The lowest BCUT2D eigenvalue weighted by atomic mass is 10.1. The van der Waals surface area contributed by atoms with Crippen molar-refractivity contribution in [1.29, 1.82) is 0 Å². The predicted molar refractivity (Wildman–Crippen MR) is 76.8 cm³/mol. The second kappa shape index (κ2) is 6.24. The van der Waals surface area contributed by atoms with Crippen molar-refractivity contribution in [2.75, 3.05) is 0 Å². The smallest absolute Gasteiger partial charge is 0.335 e. The van der Waals surface area contributed by atoms with Crippen LogP contribution >= 0.6 is 27.5 Å². The molecule has 0 saturated carbocycles. The van der Waals surface area contributed by atoms with Gasteiger partial charge in [-0.15, -0.1) is 0 Å². The average molecular weight is 360 g/mol. The standard InChI is InChI=1S/C14H9BrClFO3/c15-10-3-4-11(16)13(6-10)20-7-9-2-1-8(14(18)19)5-12(9)17/h1-6H,7H2,(H,18,19). The molecule has 6 heteroatoms. The highest BCUT2D eigenvalue weighted by Gasteiger charge is 2.10. The summed E-state index contributed by atoms with van der Waals surface area (Å²) >= 11 is 9.24. The monoisotopic (exact) mass is 358 g/mol. The molecule has 2 aromatic rings. The summed E-state index contributed by atoms with van der Waals surface area (Å²) in [6, 6.07) is 8.76. The highest BCUT2D eigenvalue weighted by atomic mass is 79.9. The molecule has 0 aliphatic carbocycles. The van der Waals surface area contributed by atoms with E-state index in [4.69, 9.17) is 21.4 Å². The van der Waals surface area contributed by atoms with E-state index in [0.717, 1.165) is 10.5 Å². The Labute approximate surface area is 128 Å². The first-order chi connectivity index (χ1) is 9.47. The number of carboxylic acid groups (broad SMARTS) is 1. The van der Waals surface area contributed by atoms with Crippen LogP contribution in [0.15, 0.2) is 40.9 Å². The lowest BCUT2D eigenvalue weighted by Gasteiger charge is -2.09. The van der Waals surface area contributed by atoms with Crippen molar-refractivity contribution in [3.8, 4) is 5.75 Å².